The molecule has 0 unspecified atom stereocenters. The highest BCUT2D eigenvalue weighted by molar-refractivity contribution is 7.80. The fraction of sp³-hybridized carbons (Fsp3) is 0.300. The van der Waals surface area contributed by atoms with Gasteiger partial charge in [0.1, 0.15) is 4.99 Å². The van der Waals surface area contributed by atoms with Crippen molar-refractivity contribution in [2.45, 2.75) is 19.9 Å². The maximum Gasteiger partial charge on any atom is 0.104 e. The summed E-state index contributed by atoms with van der Waals surface area (Å²) < 4.78 is 0. The van der Waals surface area contributed by atoms with Crippen molar-refractivity contribution in [3.63, 3.8) is 0 Å². The Kier molecular flexibility index (Phi) is 3.72. The van der Waals surface area contributed by atoms with Crippen molar-refractivity contribution in [3.05, 3.63) is 28.8 Å². The number of hydrogen-bond acceptors (Lipinski definition) is 2. The van der Waals surface area contributed by atoms with Crippen LogP contribution in [0.5, 0.6) is 0 Å². The zero-order valence-electron chi connectivity index (χ0n) is 8.17. The molecule has 0 aliphatic heterocycles. The van der Waals surface area contributed by atoms with Crippen LogP contribution in [-0.2, 0) is 0 Å². The molecule has 0 spiro atoms. The summed E-state index contributed by atoms with van der Waals surface area (Å²) in [5.41, 5.74) is 7.18. The molecule has 0 saturated heterocycles. The molecule has 0 radical (unpaired) electrons. The maximum absolute atomic E-state index is 6.04. The Labute approximate surface area is 94.4 Å². The van der Waals surface area contributed by atoms with E-state index in [1.54, 1.807) is 6.07 Å². The number of halogens is 1. The Morgan fingerprint density at radius 1 is 1.50 bits per heavy atom. The summed E-state index contributed by atoms with van der Waals surface area (Å²) in [4.78, 5) is 0.364. The van der Waals surface area contributed by atoms with Crippen molar-refractivity contribution in [2.75, 3.05) is 5.32 Å². The number of anilines is 1. The van der Waals surface area contributed by atoms with E-state index in [0.29, 0.717) is 16.1 Å². The fourth-order valence-electron chi connectivity index (χ4n) is 1.10. The molecule has 1 rings (SSSR count). The lowest BCUT2D eigenvalue weighted by Crippen LogP contribution is -2.12. The molecule has 4 heteroatoms. The van der Waals surface area contributed by atoms with Crippen LogP contribution in [0.3, 0.4) is 0 Å². The Hall–Kier alpha value is -0.800. The molecular weight excluding hydrogens is 216 g/mol. The lowest BCUT2D eigenvalue weighted by Gasteiger charge is -2.12. The Morgan fingerprint density at radius 3 is 2.57 bits per heavy atom. The van der Waals surface area contributed by atoms with Gasteiger partial charge in [0.2, 0.25) is 0 Å². The van der Waals surface area contributed by atoms with Crippen LogP contribution < -0.4 is 11.1 Å². The van der Waals surface area contributed by atoms with Crippen LogP contribution in [0.4, 0.5) is 5.69 Å². The van der Waals surface area contributed by atoms with Gasteiger partial charge < -0.3 is 11.1 Å². The van der Waals surface area contributed by atoms with E-state index in [-0.39, 0.29) is 0 Å². The van der Waals surface area contributed by atoms with E-state index in [9.17, 15) is 0 Å². The molecule has 0 fully saturated rings. The molecule has 0 aliphatic carbocycles. The highest BCUT2D eigenvalue weighted by Crippen LogP contribution is 2.23. The van der Waals surface area contributed by atoms with Gasteiger partial charge in [0, 0.05) is 11.6 Å². The van der Waals surface area contributed by atoms with Gasteiger partial charge in [-0.15, -0.1) is 0 Å². The van der Waals surface area contributed by atoms with E-state index in [4.69, 9.17) is 29.6 Å². The molecule has 3 N–H and O–H groups in total. The summed E-state index contributed by atoms with van der Waals surface area (Å²) in [7, 11) is 0. The number of rotatable bonds is 3. The van der Waals surface area contributed by atoms with Crippen LogP contribution in [0.15, 0.2) is 18.2 Å². The lowest BCUT2D eigenvalue weighted by atomic mass is 10.2. The van der Waals surface area contributed by atoms with Gasteiger partial charge in [0.15, 0.2) is 0 Å². The largest absolute Gasteiger partial charge is 0.389 e. The summed E-state index contributed by atoms with van der Waals surface area (Å²) in [6.07, 6.45) is 0. The molecule has 0 aliphatic rings. The number of nitrogens with one attached hydrogen (secondary N) is 1. The van der Waals surface area contributed by atoms with Gasteiger partial charge in [0.25, 0.3) is 0 Å². The minimum Gasteiger partial charge on any atom is -0.389 e. The lowest BCUT2D eigenvalue weighted by molar-refractivity contribution is 0.900. The fourth-order valence-corrected chi connectivity index (χ4v) is 1.46. The highest BCUT2D eigenvalue weighted by Gasteiger charge is 2.04. The number of hydrogen-bond donors (Lipinski definition) is 2. The minimum absolute atomic E-state index is 0.350. The first-order valence-corrected chi connectivity index (χ1v) is 5.15. The molecule has 2 nitrogen and oxygen atoms in total. The van der Waals surface area contributed by atoms with Crippen LogP contribution in [0, 0.1) is 0 Å². The van der Waals surface area contributed by atoms with Crippen LogP contribution >= 0.6 is 23.8 Å². The van der Waals surface area contributed by atoms with Gasteiger partial charge in [-0.25, -0.2) is 0 Å². The Bertz CT molecular complexity index is 350. The predicted molar refractivity (Wildman–Crippen MR) is 66.1 cm³/mol. The van der Waals surface area contributed by atoms with E-state index >= 15 is 0 Å². The standard InChI is InChI=1S/C10H13ClN2S/c1-6(2)13-9-4-3-7(10(12)14)5-8(9)11/h3-6,13H,1-2H3,(H2,12,14). The quantitative estimate of drug-likeness (QED) is 0.782. The second kappa shape index (κ2) is 4.62. The average Bonchev–Trinajstić information content (AvgIpc) is 2.07. The predicted octanol–water partition coefficient (Wildman–Crippen LogP) is 2.79. The van der Waals surface area contributed by atoms with E-state index < -0.39 is 0 Å². The molecule has 0 atom stereocenters. The van der Waals surface area contributed by atoms with Gasteiger partial charge >= 0.3 is 0 Å². The second-order valence-corrected chi connectivity index (χ2v) is 4.20. The van der Waals surface area contributed by atoms with Gasteiger partial charge in [-0.3, -0.25) is 0 Å². The van der Waals surface area contributed by atoms with Crippen molar-refractivity contribution >= 4 is 34.5 Å². The number of thiocarbonyl (C=S) groups is 1. The van der Waals surface area contributed by atoms with E-state index in [2.05, 4.69) is 19.2 Å². The SMILES string of the molecule is CC(C)Nc1ccc(C(N)=S)cc1Cl. The van der Waals surface area contributed by atoms with Gasteiger partial charge in [-0.05, 0) is 32.0 Å². The van der Waals surface area contributed by atoms with Crippen molar-refractivity contribution in [1.82, 2.24) is 0 Å². The van der Waals surface area contributed by atoms with E-state index in [1.165, 1.54) is 0 Å². The zero-order valence-corrected chi connectivity index (χ0v) is 9.75. The third-order valence-electron chi connectivity index (χ3n) is 1.70. The van der Waals surface area contributed by atoms with Crippen LogP contribution in [0.25, 0.3) is 0 Å². The van der Waals surface area contributed by atoms with Gasteiger partial charge in [0.05, 0.1) is 10.7 Å². The summed E-state index contributed by atoms with van der Waals surface area (Å²) in [6.45, 7) is 4.11. The molecule has 0 bridgehead atoms. The van der Waals surface area contributed by atoms with Crippen molar-refractivity contribution in [1.29, 1.82) is 0 Å². The molecule has 0 heterocycles. The van der Waals surface area contributed by atoms with E-state index in [0.717, 1.165) is 11.3 Å². The number of benzene rings is 1. The number of nitrogens with two attached hydrogens (primary N) is 1. The van der Waals surface area contributed by atoms with Gasteiger partial charge in [-0.2, -0.15) is 0 Å². The molecular formula is C10H13ClN2S. The monoisotopic (exact) mass is 228 g/mol. The van der Waals surface area contributed by atoms with Crippen LogP contribution in [-0.4, -0.2) is 11.0 Å². The van der Waals surface area contributed by atoms with E-state index in [1.807, 2.05) is 12.1 Å². The summed E-state index contributed by atoms with van der Waals surface area (Å²) in [5, 5.41) is 3.87. The molecule has 76 valence electrons. The molecule has 1 aromatic rings. The third-order valence-corrected chi connectivity index (χ3v) is 2.25. The van der Waals surface area contributed by atoms with Crippen LogP contribution in [0.1, 0.15) is 19.4 Å². The van der Waals surface area contributed by atoms with Crippen molar-refractivity contribution in [2.24, 2.45) is 5.73 Å². The third kappa shape index (κ3) is 2.86. The smallest absolute Gasteiger partial charge is 0.104 e. The topological polar surface area (TPSA) is 38.0 Å². The summed E-state index contributed by atoms with van der Waals surface area (Å²) in [6, 6.07) is 5.87. The average molecular weight is 229 g/mol. The first-order valence-electron chi connectivity index (χ1n) is 4.36. The summed E-state index contributed by atoms with van der Waals surface area (Å²) >= 11 is 10.9. The Morgan fingerprint density at radius 2 is 2.14 bits per heavy atom. The first kappa shape index (κ1) is 11.3. The molecule has 0 saturated carbocycles. The van der Waals surface area contributed by atoms with Crippen molar-refractivity contribution < 1.29 is 0 Å². The maximum atomic E-state index is 6.04. The molecule has 0 amide bonds. The van der Waals surface area contributed by atoms with Gasteiger partial charge in [-0.1, -0.05) is 23.8 Å². The molecule has 14 heavy (non-hydrogen) atoms. The second-order valence-electron chi connectivity index (χ2n) is 3.36. The molecule has 1 aromatic carbocycles. The first-order chi connectivity index (χ1) is 6.50. The zero-order chi connectivity index (χ0) is 10.7. The molecule has 0 aromatic heterocycles. The highest BCUT2D eigenvalue weighted by atomic mass is 35.5. The van der Waals surface area contributed by atoms with Crippen LogP contribution in [0.2, 0.25) is 5.02 Å². The Balaban J connectivity index is 2.95. The minimum atomic E-state index is 0.350. The normalized spacial score (nSPS) is 10.3. The summed E-state index contributed by atoms with van der Waals surface area (Å²) in [5.74, 6) is 0. The van der Waals surface area contributed by atoms with Crippen molar-refractivity contribution in [3.8, 4) is 0 Å².